The second kappa shape index (κ2) is 10.7. The van der Waals surface area contributed by atoms with Gasteiger partial charge in [-0.1, -0.05) is 6.07 Å². The summed E-state index contributed by atoms with van der Waals surface area (Å²) >= 11 is 0. The van der Waals surface area contributed by atoms with Crippen LogP contribution in [-0.4, -0.2) is 35.6 Å². The third kappa shape index (κ3) is 7.56. The van der Waals surface area contributed by atoms with Gasteiger partial charge in [-0.05, 0) is 70.6 Å². The van der Waals surface area contributed by atoms with Crippen LogP contribution in [0.5, 0.6) is 5.75 Å². The molecule has 1 aromatic carbocycles. The minimum Gasteiger partial charge on any atom is -0.508 e. The lowest BCUT2D eigenvalue weighted by molar-refractivity contribution is -0.121. The zero-order chi connectivity index (χ0) is 19.2. The van der Waals surface area contributed by atoms with Crippen LogP contribution in [0.1, 0.15) is 57.2 Å². The number of aliphatic imine (C=N–C) groups is 1. The topological polar surface area (TPSA) is 85.8 Å². The monoisotopic (exact) mass is 488 g/mol. The first-order chi connectivity index (χ1) is 12.3. The molecule has 7 heteroatoms. The van der Waals surface area contributed by atoms with Gasteiger partial charge in [-0.2, -0.15) is 0 Å². The first-order valence-corrected chi connectivity index (χ1v) is 9.46. The SMILES string of the molecule is CCNC(=NCc1c(O)ccc2c1CCCC2)NCC(=O)NC(C)(C)C.I. The highest BCUT2D eigenvalue weighted by Gasteiger charge is 2.17. The van der Waals surface area contributed by atoms with Gasteiger partial charge in [-0.25, -0.2) is 4.99 Å². The molecule has 0 saturated heterocycles. The number of halogens is 1. The molecule has 0 aromatic heterocycles. The van der Waals surface area contributed by atoms with E-state index < -0.39 is 0 Å². The van der Waals surface area contributed by atoms with Crippen molar-refractivity contribution in [3.63, 3.8) is 0 Å². The number of hydrogen-bond donors (Lipinski definition) is 4. The van der Waals surface area contributed by atoms with Gasteiger partial charge in [0.25, 0.3) is 0 Å². The summed E-state index contributed by atoms with van der Waals surface area (Å²) in [6, 6.07) is 3.80. The number of nitrogens with zero attached hydrogens (tertiary/aromatic N) is 1. The highest BCUT2D eigenvalue weighted by Crippen LogP contribution is 2.30. The van der Waals surface area contributed by atoms with Crippen LogP contribution in [0.3, 0.4) is 0 Å². The van der Waals surface area contributed by atoms with Gasteiger partial charge >= 0.3 is 0 Å². The lowest BCUT2D eigenvalue weighted by Crippen LogP contribution is -2.48. The van der Waals surface area contributed by atoms with Gasteiger partial charge in [0.05, 0.1) is 13.1 Å². The van der Waals surface area contributed by atoms with E-state index in [9.17, 15) is 9.90 Å². The molecule has 0 aliphatic heterocycles. The van der Waals surface area contributed by atoms with Crippen LogP contribution in [0, 0.1) is 0 Å². The summed E-state index contributed by atoms with van der Waals surface area (Å²) in [5.41, 5.74) is 3.20. The van der Waals surface area contributed by atoms with E-state index in [-0.39, 0.29) is 42.0 Å². The summed E-state index contributed by atoms with van der Waals surface area (Å²) < 4.78 is 0. The fourth-order valence-corrected chi connectivity index (χ4v) is 3.19. The van der Waals surface area contributed by atoms with Gasteiger partial charge in [-0.3, -0.25) is 4.79 Å². The molecule has 0 spiro atoms. The number of nitrogens with one attached hydrogen (secondary N) is 3. The number of carbonyl (C=O) groups excluding carboxylic acids is 1. The maximum absolute atomic E-state index is 12.0. The summed E-state index contributed by atoms with van der Waals surface area (Å²) in [6.07, 6.45) is 4.41. The number of phenolic OH excluding ortho intramolecular Hbond substituents is 1. The molecule has 6 nitrogen and oxygen atoms in total. The lowest BCUT2D eigenvalue weighted by atomic mass is 9.88. The van der Waals surface area contributed by atoms with Gasteiger partial charge in [-0.15, -0.1) is 24.0 Å². The van der Waals surface area contributed by atoms with Crippen LogP contribution in [0.4, 0.5) is 0 Å². The van der Waals surface area contributed by atoms with Crippen molar-refractivity contribution in [3.8, 4) is 5.75 Å². The van der Waals surface area contributed by atoms with Gasteiger partial charge in [0.2, 0.25) is 5.91 Å². The second-order valence-electron chi connectivity index (χ2n) is 7.75. The summed E-state index contributed by atoms with van der Waals surface area (Å²) in [7, 11) is 0. The average molecular weight is 488 g/mol. The summed E-state index contributed by atoms with van der Waals surface area (Å²) in [6.45, 7) is 9.08. The van der Waals surface area contributed by atoms with E-state index in [0.717, 1.165) is 24.8 Å². The quantitative estimate of drug-likeness (QED) is 0.292. The molecule has 1 amide bonds. The highest BCUT2D eigenvalue weighted by molar-refractivity contribution is 14.0. The molecule has 0 fully saturated rings. The molecule has 1 aliphatic carbocycles. The Morgan fingerprint density at radius 2 is 1.89 bits per heavy atom. The normalized spacial score (nSPS) is 14.0. The van der Waals surface area contributed by atoms with Crippen LogP contribution in [0.25, 0.3) is 0 Å². The fraction of sp³-hybridized carbons (Fsp3) is 0.600. The fourth-order valence-electron chi connectivity index (χ4n) is 3.19. The molecule has 1 aromatic rings. The second-order valence-corrected chi connectivity index (χ2v) is 7.75. The number of hydrogen-bond acceptors (Lipinski definition) is 3. The number of fused-ring (bicyclic) bond motifs is 1. The molecule has 0 heterocycles. The molecular formula is C20H33IN4O2. The lowest BCUT2D eigenvalue weighted by Gasteiger charge is -2.21. The molecule has 0 bridgehead atoms. The van der Waals surface area contributed by atoms with E-state index in [4.69, 9.17) is 0 Å². The molecule has 0 radical (unpaired) electrons. The number of aromatic hydroxyl groups is 1. The number of aryl methyl sites for hydroxylation is 1. The Bertz CT molecular complexity index is 669. The molecule has 0 unspecified atom stereocenters. The molecule has 152 valence electrons. The van der Waals surface area contributed by atoms with E-state index in [2.05, 4.69) is 20.9 Å². The van der Waals surface area contributed by atoms with Gasteiger partial charge in [0.1, 0.15) is 5.75 Å². The van der Waals surface area contributed by atoms with Crippen molar-refractivity contribution in [1.29, 1.82) is 0 Å². The predicted molar refractivity (Wildman–Crippen MR) is 121 cm³/mol. The van der Waals surface area contributed by atoms with Gasteiger partial charge < -0.3 is 21.1 Å². The summed E-state index contributed by atoms with van der Waals surface area (Å²) in [4.78, 5) is 16.6. The molecule has 2 rings (SSSR count). The number of benzene rings is 1. The number of amides is 1. The van der Waals surface area contributed by atoms with Crippen molar-refractivity contribution in [2.45, 2.75) is 65.5 Å². The Hall–Kier alpha value is -1.51. The Morgan fingerprint density at radius 3 is 2.56 bits per heavy atom. The average Bonchev–Trinajstić information content (AvgIpc) is 2.57. The Balaban J connectivity index is 0.00000364. The molecule has 27 heavy (non-hydrogen) atoms. The minimum atomic E-state index is -0.261. The van der Waals surface area contributed by atoms with E-state index in [1.54, 1.807) is 6.07 Å². The smallest absolute Gasteiger partial charge is 0.239 e. The van der Waals surface area contributed by atoms with Crippen molar-refractivity contribution in [2.75, 3.05) is 13.1 Å². The highest BCUT2D eigenvalue weighted by atomic mass is 127. The van der Waals surface area contributed by atoms with Crippen LogP contribution in [0.15, 0.2) is 17.1 Å². The Kier molecular flexibility index (Phi) is 9.35. The van der Waals surface area contributed by atoms with Crippen molar-refractivity contribution in [2.24, 2.45) is 4.99 Å². The first-order valence-electron chi connectivity index (χ1n) is 9.46. The van der Waals surface area contributed by atoms with E-state index in [1.165, 1.54) is 17.5 Å². The number of phenols is 1. The van der Waals surface area contributed by atoms with E-state index in [0.29, 0.717) is 24.8 Å². The number of rotatable bonds is 5. The summed E-state index contributed by atoms with van der Waals surface area (Å²) in [5.74, 6) is 0.795. The van der Waals surface area contributed by atoms with Crippen molar-refractivity contribution < 1.29 is 9.90 Å². The number of guanidine groups is 1. The molecule has 0 atom stereocenters. The predicted octanol–water partition coefficient (Wildman–Crippen LogP) is 2.86. The molecule has 0 saturated carbocycles. The Morgan fingerprint density at radius 1 is 1.19 bits per heavy atom. The standard InChI is InChI=1S/C20H32N4O2.HI/c1-5-21-19(23-13-18(26)24-20(2,3)4)22-12-16-15-9-7-6-8-14(15)10-11-17(16)25;/h10-11,25H,5-9,12-13H2,1-4H3,(H,24,26)(H2,21,22,23);1H. The van der Waals surface area contributed by atoms with Gasteiger partial charge in [0, 0.05) is 17.6 Å². The van der Waals surface area contributed by atoms with Crippen LogP contribution >= 0.6 is 24.0 Å². The van der Waals surface area contributed by atoms with Crippen molar-refractivity contribution in [1.82, 2.24) is 16.0 Å². The van der Waals surface area contributed by atoms with Crippen LogP contribution in [-0.2, 0) is 24.2 Å². The largest absolute Gasteiger partial charge is 0.508 e. The maximum Gasteiger partial charge on any atom is 0.239 e. The van der Waals surface area contributed by atoms with Gasteiger partial charge in [0.15, 0.2) is 5.96 Å². The third-order valence-corrected chi connectivity index (χ3v) is 4.30. The molecular weight excluding hydrogens is 455 g/mol. The summed E-state index contributed by atoms with van der Waals surface area (Å²) in [5, 5.41) is 19.4. The first kappa shape index (κ1) is 23.5. The van der Waals surface area contributed by atoms with Crippen molar-refractivity contribution >= 4 is 35.8 Å². The van der Waals surface area contributed by atoms with Crippen LogP contribution in [0.2, 0.25) is 0 Å². The van der Waals surface area contributed by atoms with E-state index in [1.807, 2.05) is 33.8 Å². The zero-order valence-electron chi connectivity index (χ0n) is 16.8. The molecule has 1 aliphatic rings. The molecule has 4 N–H and O–H groups in total. The van der Waals surface area contributed by atoms with Crippen molar-refractivity contribution in [3.05, 3.63) is 28.8 Å². The van der Waals surface area contributed by atoms with E-state index >= 15 is 0 Å². The maximum atomic E-state index is 12.0. The van der Waals surface area contributed by atoms with Crippen LogP contribution < -0.4 is 16.0 Å². The Labute approximate surface area is 179 Å². The number of carbonyl (C=O) groups is 1. The zero-order valence-corrected chi connectivity index (χ0v) is 19.1. The minimum absolute atomic E-state index is 0. The third-order valence-electron chi connectivity index (χ3n) is 4.30.